The largest absolute Gasteiger partial charge is 0.444 e. The molecule has 6 heteroatoms. The molecule has 1 N–H and O–H groups in total. The van der Waals surface area contributed by atoms with Crippen molar-refractivity contribution < 1.29 is 9.21 Å². The summed E-state index contributed by atoms with van der Waals surface area (Å²) in [7, 11) is 0. The number of halogens is 1. The SMILES string of the molecule is CC(C)(C)n1cc(NC(=O)c2ccc(Br)o2)cn1. The van der Waals surface area contributed by atoms with Crippen LogP contribution in [0.2, 0.25) is 0 Å². The Labute approximate surface area is 113 Å². The zero-order valence-corrected chi connectivity index (χ0v) is 12.0. The molecule has 0 atom stereocenters. The van der Waals surface area contributed by atoms with E-state index in [0.29, 0.717) is 10.4 Å². The lowest BCUT2D eigenvalue weighted by molar-refractivity contribution is 0.0995. The van der Waals surface area contributed by atoms with Crippen molar-refractivity contribution in [1.29, 1.82) is 0 Å². The van der Waals surface area contributed by atoms with Crippen LogP contribution in [0.5, 0.6) is 0 Å². The van der Waals surface area contributed by atoms with Crippen LogP contribution in [0.1, 0.15) is 31.3 Å². The van der Waals surface area contributed by atoms with Crippen molar-refractivity contribution in [1.82, 2.24) is 9.78 Å². The quantitative estimate of drug-likeness (QED) is 0.926. The van der Waals surface area contributed by atoms with Gasteiger partial charge in [0.1, 0.15) is 0 Å². The molecule has 96 valence electrons. The van der Waals surface area contributed by atoms with E-state index in [1.807, 2.05) is 20.8 Å². The van der Waals surface area contributed by atoms with Crippen molar-refractivity contribution in [3.8, 4) is 0 Å². The number of hydrogen-bond acceptors (Lipinski definition) is 3. The van der Waals surface area contributed by atoms with Crippen molar-refractivity contribution in [2.45, 2.75) is 26.3 Å². The summed E-state index contributed by atoms with van der Waals surface area (Å²) >= 11 is 3.15. The van der Waals surface area contributed by atoms with E-state index >= 15 is 0 Å². The first-order valence-electron chi connectivity index (χ1n) is 5.48. The summed E-state index contributed by atoms with van der Waals surface area (Å²) in [6, 6.07) is 3.28. The van der Waals surface area contributed by atoms with Crippen LogP contribution in [-0.2, 0) is 5.54 Å². The minimum Gasteiger partial charge on any atom is -0.444 e. The number of carbonyl (C=O) groups is 1. The van der Waals surface area contributed by atoms with E-state index in [-0.39, 0.29) is 17.2 Å². The second kappa shape index (κ2) is 4.61. The van der Waals surface area contributed by atoms with Gasteiger partial charge in [-0.15, -0.1) is 0 Å². The minimum absolute atomic E-state index is 0.114. The molecule has 0 bridgehead atoms. The molecule has 2 aromatic heterocycles. The maximum Gasteiger partial charge on any atom is 0.291 e. The van der Waals surface area contributed by atoms with E-state index in [0.717, 1.165) is 0 Å². The summed E-state index contributed by atoms with van der Waals surface area (Å²) in [5.74, 6) is -0.0421. The molecule has 0 unspecified atom stereocenters. The zero-order chi connectivity index (χ0) is 13.3. The van der Waals surface area contributed by atoms with Gasteiger partial charge in [-0.3, -0.25) is 9.48 Å². The van der Waals surface area contributed by atoms with Gasteiger partial charge in [-0.25, -0.2) is 0 Å². The Kier molecular flexibility index (Phi) is 3.30. The lowest BCUT2D eigenvalue weighted by Crippen LogP contribution is -2.22. The predicted molar refractivity (Wildman–Crippen MR) is 71.6 cm³/mol. The van der Waals surface area contributed by atoms with Gasteiger partial charge in [0, 0.05) is 6.20 Å². The summed E-state index contributed by atoms with van der Waals surface area (Å²) in [5.41, 5.74) is 0.527. The topological polar surface area (TPSA) is 60.1 Å². The van der Waals surface area contributed by atoms with E-state index in [1.54, 1.807) is 29.2 Å². The van der Waals surface area contributed by atoms with Crippen LogP contribution in [0.25, 0.3) is 0 Å². The van der Waals surface area contributed by atoms with Crippen molar-refractivity contribution in [2.75, 3.05) is 5.32 Å². The highest BCUT2D eigenvalue weighted by molar-refractivity contribution is 9.10. The fourth-order valence-corrected chi connectivity index (χ4v) is 1.69. The van der Waals surface area contributed by atoms with Gasteiger partial charge < -0.3 is 9.73 Å². The molecule has 0 saturated heterocycles. The summed E-state index contributed by atoms with van der Waals surface area (Å²) in [6.45, 7) is 6.11. The molecule has 2 aromatic rings. The second-order valence-corrected chi connectivity index (χ2v) is 5.68. The summed E-state index contributed by atoms with van der Waals surface area (Å²) in [6.07, 6.45) is 3.40. The minimum atomic E-state index is -0.297. The molecule has 0 aliphatic rings. The van der Waals surface area contributed by atoms with Crippen LogP contribution >= 0.6 is 15.9 Å². The van der Waals surface area contributed by atoms with Crippen LogP contribution in [-0.4, -0.2) is 15.7 Å². The van der Waals surface area contributed by atoms with E-state index in [1.165, 1.54) is 0 Å². The Bertz CT molecular complexity index is 566. The maximum absolute atomic E-state index is 11.8. The number of furan rings is 1. The smallest absolute Gasteiger partial charge is 0.291 e. The molecule has 0 aliphatic carbocycles. The molecule has 2 heterocycles. The molecule has 0 spiro atoms. The number of rotatable bonds is 2. The third-order valence-corrected chi connectivity index (χ3v) is 2.75. The molecule has 0 fully saturated rings. The Hall–Kier alpha value is -1.56. The Balaban J connectivity index is 2.10. The monoisotopic (exact) mass is 311 g/mol. The third-order valence-electron chi connectivity index (χ3n) is 2.32. The molecule has 1 amide bonds. The Morgan fingerprint density at radius 1 is 1.44 bits per heavy atom. The highest BCUT2D eigenvalue weighted by atomic mass is 79.9. The molecular formula is C12H14BrN3O2. The summed E-state index contributed by atoms with van der Waals surface area (Å²) < 4.78 is 7.49. The van der Waals surface area contributed by atoms with E-state index < -0.39 is 0 Å². The molecular weight excluding hydrogens is 298 g/mol. The Morgan fingerprint density at radius 2 is 2.17 bits per heavy atom. The fourth-order valence-electron chi connectivity index (χ4n) is 1.38. The molecule has 0 aliphatic heterocycles. The van der Waals surface area contributed by atoms with Crippen LogP contribution in [0.4, 0.5) is 5.69 Å². The molecule has 0 aromatic carbocycles. The first kappa shape index (κ1) is 12.9. The molecule has 2 rings (SSSR count). The second-order valence-electron chi connectivity index (χ2n) is 4.90. The van der Waals surface area contributed by atoms with Gasteiger partial charge in [-0.05, 0) is 48.8 Å². The average molecular weight is 312 g/mol. The number of hydrogen-bond donors (Lipinski definition) is 1. The van der Waals surface area contributed by atoms with Crippen LogP contribution in [0.3, 0.4) is 0 Å². The van der Waals surface area contributed by atoms with Crippen LogP contribution in [0, 0.1) is 0 Å². The van der Waals surface area contributed by atoms with Crippen molar-refractivity contribution in [2.24, 2.45) is 0 Å². The zero-order valence-electron chi connectivity index (χ0n) is 10.4. The normalized spacial score (nSPS) is 11.6. The third kappa shape index (κ3) is 2.81. The number of carbonyl (C=O) groups excluding carboxylic acids is 1. The van der Waals surface area contributed by atoms with Gasteiger partial charge in [-0.2, -0.15) is 5.10 Å². The number of anilines is 1. The lowest BCUT2D eigenvalue weighted by atomic mass is 10.1. The van der Waals surface area contributed by atoms with Gasteiger partial charge in [-0.1, -0.05) is 0 Å². The van der Waals surface area contributed by atoms with Crippen LogP contribution < -0.4 is 5.32 Å². The molecule has 5 nitrogen and oxygen atoms in total. The lowest BCUT2D eigenvalue weighted by Gasteiger charge is -2.18. The van der Waals surface area contributed by atoms with Crippen molar-refractivity contribution >= 4 is 27.5 Å². The average Bonchev–Trinajstić information content (AvgIpc) is 2.85. The fraction of sp³-hybridized carbons (Fsp3) is 0.333. The highest BCUT2D eigenvalue weighted by Gasteiger charge is 2.16. The molecule has 18 heavy (non-hydrogen) atoms. The first-order chi connectivity index (χ1) is 8.36. The van der Waals surface area contributed by atoms with Gasteiger partial charge >= 0.3 is 0 Å². The molecule has 0 saturated carbocycles. The first-order valence-corrected chi connectivity index (χ1v) is 6.27. The highest BCUT2D eigenvalue weighted by Crippen LogP contribution is 2.18. The number of nitrogens with one attached hydrogen (secondary N) is 1. The van der Waals surface area contributed by atoms with Gasteiger partial charge in [0.2, 0.25) is 0 Å². The van der Waals surface area contributed by atoms with Crippen LogP contribution in [0.15, 0.2) is 33.6 Å². The summed E-state index contributed by atoms with van der Waals surface area (Å²) in [4.78, 5) is 11.8. The summed E-state index contributed by atoms with van der Waals surface area (Å²) in [5, 5.41) is 6.93. The number of amides is 1. The predicted octanol–water partition coefficient (Wildman–Crippen LogP) is 3.25. The number of nitrogens with zero attached hydrogens (tertiary/aromatic N) is 2. The molecule has 0 radical (unpaired) electrons. The van der Waals surface area contributed by atoms with E-state index in [4.69, 9.17) is 4.42 Å². The van der Waals surface area contributed by atoms with E-state index in [2.05, 4.69) is 26.3 Å². The van der Waals surface area contributed by atoms with Crippen molar-refractivity contribution in [3.05, 3.63) is 35.0 Å². The van der Waals surface area contributed by atoms with Gasteiger partial charge in [0.05, 0.1) is 17.4 Å². The maximum atomic E-state index is 11.8. The Morgan fingerprint density at radius 3 is 2.67 bits per heavy atom. The standard InChI is InChI=1S/C12H14BrN3O2/c1-12(2,3)16-7-8(6-14-16)15-11(17)9-4-5-10(13)18-9/h4-7H,1-3H3,(H,15,17). The van der Waals surface area contributed by atoms with Crippen molar-refractivity contribution in [3.63, 3.8) is 0 Å². The number of aromatic nitrogens is 2. The van der Waals surface area contributed by atoms with E-state index in [9.17, 15) is 4.79 Å². The van der Waals surface area contributed by atoms with Gasteiger partial charge in [0.25, 0.3) is 5.91 Å². The van der Waals surface area contributed by atoms with Gasteiger partial charge in [0.15, 0.2) is 10.4 Å².